The van der Waals surface area contributed by atoms with E-state index in [-0.39, 0.29) is 0 Å². The number of carbonyl (C=O) groups excluding carboxylic acids is 1. The fourth-order valence-corrected chi connectivity index (χ4v) is 2.77. The summed E-state index contributed by atoms with van der Waals surface area (Å²) in [7, 11) is 0. The number of carbonyl (C=O) groups is 1. The van der Waals surface area contributed by atoms with Gasteiger partial charge in [0.1, 0.15) is 23.9 Å². The summed E-state index contributed by atoms with van der Waals surface area (Å²) in [6.45, 7) is 5.41. The number of esters is 1. The van der Waals surface area contributed by atoms with E-state index in [9.17, 15) is 9.90 Å². The maximum absolute atomic E-state index is 12.2. The summed E-state index contributed by atoms with van der Waals surface area (Å²) in [6.07, 6.45) is 3.87. The lowest BCUT2D eigenvalue weighted by Gasteiger charge is -2.27. The minimum Gasteiger partial charge on any atom is -0.458 e. The Kier molecular flexibility index (Phi) is 3.36. The third kappa shape index (κ3) is 2.60. The molecule has 1 aliphatic carbocycles. The number of hydrogen-bond donors (Lipinski definition) is 2. The van der Waals surface area contributed by atoms with Crippen molar-refractivity contribution >= 4 is 11.8 Å². The number of fused-ring (bicyclic) bond motifs is 1. The van der Waals surface area contributed by atoms with Crippen LogP contribution in [-0.2, 0) is 9.53 Å². The van der Waals surface area contributed by atoms with E-state index in [0.717, 1.165) is 18.5 Å². The first kappa shape index (κ1) is 14.3. The third-order valence-electron chi connectivity index (χ3n) is 3.97. The van der Waals surface area contributed by atoms with E-state index in [1.807, 2.05) is 0 Å². The fourth-order valence-electron chi connectivity index (χ4n) is 2.77. The Balaban J connectivity index is 1.85. The van der Waals surface area contributed by atoms with Gasteiger partial charge in [-0.2, -0.15) is 0 Å². The smallest absolute Gasteiger partial charge is 0.332 e. The molecule has 0 saturated heterocycles. The Morgan fingerprint density at radius 2 is 2.10 bits per heavy atom. The second-order valence-electron chi connectivity index (χ2n) is 6.75. The zero-order chi connectivity index (χ0) is 15.2. The van der Waals surface area contributed by atoms with Crippen LogP contribution < -0.4 is 5.32 Å². The van der Waals surface area contributed by atoms with Crippen molar-refractivity contribution in [1.29, 1.82) is 0 Å². The van der Waals surface area contributed by atoms with E-state index in [2.05, 4.69) is 15.3 Å². The van der Waals surface area contributed by atoms with Gasteiger partial charge >= 0.3 is 5.97 Å². The zero-order valence-corrected chi connectivity index (χ0v) is 12.6. The highest BCUT2D eigenvalue weighted by atomic mass is 16.6. The molecule has 6 nitrogen and oxygen atoms in total. The highest BCUT2D eigenvalue weighted by molar-refractivity contribution is 5.83. The van der Waals surface area contributed by atoms with Crippen LogP contribution in [0.1, 0.15) is 63.3 Å². The third-order valence-corrected chi connectivity index (χ3v) is 3.97. The van der Waals surface area contributed by atoms with Crippen LogP contribution in [0.3, 0.4) is 0 Å². The quantitative estimate of drug-likeness (QED) is 0.810. The van der Waals surface area contributed by atoms with Crippen LogP contribution in [0.4, 0.5) is 5.82 Å². The van der Waals surface area contributed by atoms with Gasteiger partial charge in [0, 0.05) is 11.5 Å². The van der Waals surface area contributed by atoms with Crippen molar-refractivity contribution in [3.05, 3.63) is 17.6 Å². The molecular formula is C15H21N3O3. The van der Waals surface area contributed by atoms with Crippen molar-refractivity contribution in [2.24, 2.45) is 0 Å². The van der Waals surface area contributed by atoms with Gasteiger partial charge in [-0.3, -0.25) is 0 Å². The van der Waals surface area contributed by atoms with Gasteiger partial charge in [-0.1, -0.05) is 6.42 Å². The Hall–Kier alpha value is -1.69. The number of nitrogens with zero attached hydrogens (tertiary/aromatic N) is 2. The molecule has 21 heavy (non-hydrogen) atoms. The highest BCUT2D eigenvalue weighted by Gasteiger charge is 2.42. The molecule has 0 amide bonds. The molecule has 1 aromatic rings. The number of aliphatic hydroxyl groups is 1. The largest absolute Gasteiger partial charge is 0.458 e. The first-order valence-electron chi connectivity index (χ1n) is 7.39. The molecule has 1 aliphatic heterocycles. The number of anilines is 1. The molecule has 2 atom stereocenters. The number of rotatable bonds is 2. The molecule has 3 rings (SSSR count). The van der Waals surface area contributed by atoms with Crippen LogP contribution in [0.15, 0.2) is 6.33 Å². The topological polar surface area (TPSA) is 84.3 Å². The molecule has 114 valence electrons. The van der Waals surface area contributed by atoms with E-state index in [4.69, 9.17) is 4.74 Å². The summed E-state index contributed by atoms with van der Waals surface area (Å²) in [5.74, 6) is 0.457. The van der Waals surface area contributed by atoms with Crippen LogP contribution >= 0.6 is 0 Å². The van der Waals surface area contributed by atoms with Crippen molar-refractivity contribution in [1.82, 2.24) is 9.97 Å². The standard InChI is InChI=1S/C15H21N3O3/c1-15(2,3)21-14(20)11-12(19)9-10(8-5-4-6-8)16-7-17-13(9)18-11/h7-8,11-12,19H,4-6H2,1-3H3,(H,16,17,18). The minimum atomic E-state index is -0.952. The number of aromatic nitrogens is 2. The molecule has 0 aromatic carbocycles. The Labute approximate surface area is 123 Å². The molecular weight excluding hydrogens is 270 g/mol. The van der Waals surface area contributed by atoms with Gasteiger partial charge in [-0.15, -0.1) is 0 Å². The van der Waals surface area contributed by atoms with Gasteiger partial charge in [0.15, 0.2) is 6.04 Å². The lowest BCUT2D eigenvalue weighted by Crippen LogP contribution is -2.37. The van der Waals surface area contributed by atoms with Gasteiger partial charge < -0.3 is 15.2 Å². The van der Waals surface area contributed by atoms with Gasteiger partial charge in [0.25, 0.3) is 0 Å². The Bertz CT molecular complexity index is 564. The molecule has 1 aromatic heterocycles. The molecule has 6 heteroatoms. The lowest BCUT2D eigenvalue weighted by atomic mass is 9.80. The highest BCUT2D eigenvalue weighted by Crippen LogP contribution is 2.43. The van der Waals surface area contributed by atoms with Gasteiger partial charge in [-0.25, -0.2) is 14.8 Å². The normalized spacial score (nSPS) is 25.0. The van der Waals surface area contributed by atoms with Gasteiger partial charge in [0.2, 0.25) is 0 Å². The van der Waals surface area contributed by atoms with Crippen LogP contribution in [-0.4, -0.2) is 32.7 Å². The number of ether oxygens (including phenoxy) is 1. The Morgan fingerprint density at radius 3 is 2.67 bits per heavy atom. The van der Waals surface area contributed by atoms with Gasteiger partial charge in [-0.05, 0) is 33.6 Å². The maximum atomic E-state index is 12.2. The second kappa shape index (κ2) is 4.94. The molecule has 2 heterocycles. The van der Waals surface area contributed by atoms with Crippen molar-refractivity contribution in [2.75, 3.05) is 5.32 Å². The van der Waals surface area contributed by atoms with Crippen LogP contribution in [0.25, 0.3) is 0 Å². The molecule has 1 fully saturated rings. The van der Waals surface area contributed by atoms with Crippen molar-refractivity contribution in [3.63, 3.8) is 0 Å². The van der Waals surface area contributed by atoms with Crippen molar-refractivity contribution in [2.45, 2.75) is 63.7 Å². The summed E-state index contributed by atoms with van der Waals surface area (Å²) in [6, 6.07) is -0.810. The zero-order valence-electron chi connectivity index (χ0n) is 12.6. The first-order valence-corrected chi connectivity index (χ1v) is 7.39. The molecule has 2 unspecified atom stereocenters. The van der Waals surface area contributed by atoms with Crippen molar-refractivity contribution in [3.8, 4) is 0 Å². The van der Waals surface area contributed by atoms with Crippen LogP contribution in [0.5, 0.6) is 0 Å². The number of aliphatic hydroxyl groups excluding tert-OH is 1. The lowest BCUT2D eigenvalue weighted by molar-refractivity contribution is -0.158. The van der Waals surface area contributed by atoms with Gasteiger partial charge in [0.05, 0.1) is 5.69 Å². The van der Waals surface area contributed by atoms with E-state index in [0.29, 0.717) is 17.3 Å². The predicted molar refractivity (Wildman–Crippen MR) is 76.8 cm³/mol. The molecule has 2 aliphatic rings. The number of nitrogens with one attached hydrogen (secondary N) is 1. The maximum Gasteiger partial charge on any atom is 0.332 e. The predicted octanol–water partition coefficient (Wildman–Crippen LogP) is 1.91. The van der Waals surface area contributed by atoms with E-state index < -0.39 is 23.7 Å². The molecule has 1 saturated carbocycles. The summed E-state index contributed by atoms with van der Waals surface area (Å²) in [5, 5.41) is 13.5. The molecule has 0 bridgehead atoms. The Morgan fingerprint density at radius 1 is 1.38 bits per heavy atom. The second-order valence-corrected chi connectivity index (χ2v) is 6.75. The summed E-state index contributed by atoms with van der Waals surface area (Å²) >= 11 is 0. The summed E-state index contributed by atoms with van der Waals surface area (Å²) in [4.78, 5) is 20.7. The van der Waals surface area contributed by atoms with Crippen LogP contribution in [0.2, 0.25) is 0 Å². The average Bonchev–Trinajstić information content (AvgIpc) is 2.63. The molecule has 0 spiro atoms. The fraction of sp³-hybridized carbons (Fsp3) is 0.667. The molecule has 2 N–H and O–H groups in total. The monoisotopic (exact) mass is 291 g/mol. The minimum absolute atomic E-state index is 0.371. The van der Waals surface area contributed by atoms with E-state index in [1.165, 1.54) is 12.7 Å². The summed E-state index contributed by atoms with van der Waals surface area (Å²) in [5.41, 5.74) is 0.950. The SMILES string of the molecule is CC(C)(C)OC(=O)C1Nc2ncnc(C3CCC3)c2C1O. The van der Waals surface area contributed by atoms with E-state index in [1.54, 1.807) is 20.8 Å². The first-order chi connectivity index (χ1) is 9.87. The van der Waals surface area contributed by atoms with Crippen LogP contribution in [0, 0.1) is 0 Å². The summed E-state index contributed by atoms with van der Waals surface area (Å²) < 4.78 is 5.35. The number of hydrogen-bond acceptors (Lipinski definition) is 6. The molecule has 0 radical (unpaired) electrons. The average molecular weight is 291 g/mol. The van der Waals surface area contributed by atoms with E-state index >= 15 is 0 Å². The van der Waals surface area contributed by atoms with Crippen molar-refractivity contribution < 1.29 is 14.6 Å².